The number of rotatable bonds is 14. The number of carbonyl (C=O) groups is 4. The van der Waals surface area contributed by atoms with E-state index in [4.69, 9.17) is 16.3 Å². The summed E-state index contributed by atoms with van der Waals surface area (Å²) in [5, 5.41) is 6.02. The fourth-order valence-corrected chi connectivity index (χ4v) is 6.08. The van der Waals surface area contributed by atoms with E-state index in [1.807, 2.05) is 30.1 Å². The molecule has 9 heteroatoms. The van der Waals surface area contributed by atoms with Crippen LogP contribution < -0.4 is 10.6 Å². The zero-order valence-electron chi connectivity index (χ0n) is 24.4. The molecule has 2 atom stereocenters. The number of likely N-dealkylation sites (N-methyl/N-ethyl adjacent to an activating group) is 1. The minimum Gasteiger partial charge on any atom is -0.445 e. The molecule has 0 aromatic heterocycles. The SMILES string of the molecule is CN(C(=O)CCC(C=O)NC(=O)C(CC1CCCCC1)NC(=O)OCc1cccc(Cl)c1)C1(Cc2ccccc2)CC1. The molecule has 2 aromatic rings. The van der Waals surface area contributed by atoms with Crippen molar-refractivity contribution in [3.8, 4) is 0 Å². The quantitative estimate of drug-likeness (QED) is 0.277. The van der Waals surface area contributed by atoms with Gasteiger partial charge in [-0.05, 0) is 61.3 Å². The van der Waals surface area contributed by atoms with Crippen molar-refractivity contribution in [2.24, 2.45) is 5.92 Å². The second kappa shape index (κ2) is 15.2. The van der Waals surface area contributed by atoms with E-state index in [0.29, 0.717) is 23.6 Å². The predicted octanol–water partition coefficient (Wildman–Crippen LogP) is 5.60. The molecular formula is C33H42ClN3O5. The fourth-order valence-electron chi connectivity index (χ4n) is 5.87. The van der Waals surface area contributed by atoms with Crippen LogP contribution in [0.1, 0.15) is 75.3 Å². The van der Waals surface area contributed by atoms with E-state index in [0.717, 1.165) is 50.5 Å². The summed E-state index contributed by atoms with van der Waals surface area (Å²) in [5.74, 6) is -0.195. The number of hydrogen-bond acceptors (Lipinski definition) is 5. The van der Waals surface area contributed by atoms with E-state index in [2.05, 4.69) is 22.8 Å². The molecule has 0 bridgehead atoms. The zero-order valence-corrected chi connectivity index (χ0v) is 25.1. The number of nitrogens with one attached hydrogen (secondary N) is 2. The van der Waals surface area contributed by atoms with Crippen LogP contribution in [0.25, 0.3) is 0 Å². The molecule has 2 aliphatic rings. The van der Waals surface area contributed by atoms with Crippen LogP contribution >= 0.6 is 11.6 Å². The molecule has 2 aromatic carbocycles. The first-order chi connectivity index (χ1) is 20.3. The largest absolute Gasteiger partial charge is 0.445 e. The Morgan fingerprint density at radius 3 is 2.40 bits per heavy atom. The lowest BCUT2D eigenvalue weighted by Crippen LogP contribution is -2.51. The van der Waals surface area contributed by atoms with Gasteiger partial charge < -0.3 is 25.1 Å². The van der Waals surface area contributed by atoms with Gasteiger partial charge in [0, 0.05) is 24.0 Å². The van der Waals surface area contributed by atoms with Crippen molar-refractivity contribution in [2.75, 3.05) is 7.05 Å². The average molecular weight is 596 g/mol. The Morgan fingerprint density at radius 1 is 1.02 bits per heavy atom. The molecule has 4 rings (SSSR count). The van der Waals surface area contributed by atoms with Crippen molar-refractivity contribution in [2.45, 2.75) is 94.9 Å². The highest BCUT2D eigenvalue weighted by Crippen LogP contribution is 2.44. The smallest absolute Gasteiger partial charge is 0.408 e. The number of ether oxygens (including phenoxy) is 1. The molecule has 0 aliphatic heterocycles. The second-order valence-corrected chi connectivity index (χ2v) is 12.2. The topological polar surface area (TPSA) is 105 Å². The zero-order chi connectivity index (χ0) is 30.0. The van der Waals surface area contributed by atoms with Crippen LogP contribution in [0.2, 0.25) is 5.02 Å². The number of amides is 3. The number of halogens is 1. The van der Waals surface area contributed by atoms with Crippen LogP contribution in [-0.4, -0.2) is 53.8 Å². The minimum atomic E-state index is -0.846. The third-order valence-electron chi connectivity index (χ3n) is 8.61. The maximum atomic E-state index is 13.3. The Bertz CT molecular complexity index is 1210. The number of carbonyl (C=O) groups excluding carboxylic acids is 4. The lowest BCUT2D eigenvalue weighted by molar-refractivity contribution is -0.133. The Balaban J connectivity index is 1.30. The molecule has 2 aliphatic carbocycles. The molecule has 0 saturated heterocycles. The van der Waals surface area contributed by atoms with E-state index in [-0.39, 0.29) is 30.9 Å². The molecule has 2 unspecified atom stereocenters. The van der Waals surface area contributed by atoms with Gasteiger partial charge >= 0.3 is 6.09 Å². The average Bonchev–Trinajstić information content (AvgIpc) is 3.78. The van der Waals surface area contributed by atoms with Crippen LogP contribution in [0.5, 0.6) is 0 Å². The highest BCUT2D eigenvalue weighted by atomic mass is 35.5. The second-order valence-electron chi connectivity index (χ2n) is 11.8. The highest BCUT2D eigenvalue weighted by Gasteiger charge is 2.48. The molecule has 0 heterocycles. The number of aldehydes is 1. The summed E-state index contributed by atoms with van der Waals surface area (Å²) in [7, 11) is 1.83. The Labute approximate surface area is 253 Å². The van der Waals surface area contributed by atoms with Crippen LogP contribution in [0.4, 0.5) is 4.79 Å². The van der Waals surface area contributed by atoms with E-state index < -0.39 is 24.1 Å². The van der Waals surface area contributed by atoms with E-state index in [1.54, 1.807) is 24.3 Å². The lowest BCUT2D eigenvalue weighted by Gasteiger charge is -2.29. The van der Waals surface area contributed by atoms with Crippen molar-refractivity contribution in [3.05, 3.63) is 70.7 Å². The van der Waals surface area contributed by atoms with E-state index >= 15 is 0 Å². The van der Waals surface area contributed by atoms with Crippen molar-refractivity contribution >= 4 is 35.8 Å². The summed E-state index contributed by atoms with van der Waals surface area (Å²) in [4.78, 5) is 52.8. The van der Waals surface area contributed by atoms with Gasteiger partial charge in [0.25, 0.3) is 0 Å². The maximum Gasteiger partial charge on any atom is 0.408 e. The van der Waals surface area contributed by atoms with Gasteiger partial charge in [-0.2, -0.15) is 0 Å². The molecule has 2 saturated carbocycles. The summed E-state index contributed by atoms with van der Waals surface area (Å²) < 4.78 is 5.36. The summed E-state index contributed by atoms with van der Waals surface area (Å²) in [6, 6.07) is 15.5. The first-order valence-electron chi connectivity index (χ1n) is 15.0. The van der Waals surface area contributed by atoms with Crippen molar-refractivity contribution in [1.29, 1.82) is 0 Å². The Kier molecular flexibility index (Phi) is 11.4. The molecule has 2 N–H and O–H groups in total. The van der Waals surface area contributed by atoms with Gasteiger partial charge in [-0.1, -0.05) is 86.2 Å². The summed E-state index contributed by atoms with van der Waals surface area (Å²) >= 11 is 6.02. The number of benzene rings is 2. The van der Waals surface area contributed by atoms with Gasteiger partial charge in [-0.15, -0.1) is 0 Å². The maximum absolute atomic E-state index is 13.3. The lowest BCUT2D eigenvalue weighted by atomic mass is 9.84. The normalized spacial score (nSPS) is 17.4. The van der Waals surface area contributed by atoms with Gasteiger partial charge in [0.1, 0.15) is 18.9 Å². The molecule has 226 valence electrons. The fraction of sp³-hybridized carbons (Fsp3) is 0.515. The van der Waals surface area contributed by atoms with Crippen molar-refractivity contribution < 1.29 is 23.9 Å². The van der Waals surface area contributed by atoms with Gasteiger partial charge in [0.15, 0.2) is 0 Å². The van der Waals surface area contributed by atoms with Crippen molar-refractivity contribution in [1.82, 2.24) is 15.5 Å². The minimum absolute atomic E-state index is 0.0164. The Morgan fingerprint density at radius 2 is 1.74 bits per heavy atom. The Hall–Kier alpha value is -3.39. The van der Waals surface area contributed by atoms with Crippen LogP contribution in [0, 0.1) is 5.92 Å². The summed E-state index contributed by atoms with van der Waals surface area (Å²) in [6.45, 7) is 0.0164. The number of alkyl carbamates (subject to hydrolysis) is 1. The first kappa shape index (κ1) is 31.5. The van der Waals surface area contributed by atoms with Crippen LogP contribution in [-0.2, 0) is 32.1 Å². The van der Waals surface area contributed by atoms with Gasteiger partial charge in [-0.3, -0.25) is 9.59 Å². The predicted molar refractivity (Wildman–Crippen MR) is 162 cm³/mol. The van der Waals surface area contributed by atoms with Crippen LogP contribution in [0.3, 0.4) is 0 Å². The third kappa shape index (κ3) is 9.31. The van der Waals surface area contributed by atoms with E-state index in [9.17, 15) is 19.2 Å². The molecule has 3 amide bonds. The monoisotopic (exact) mass is 595 g/mol. The number of nitrogens with zero attached hydrogens (tertiary/aromatic N) is 1. The molecule has 42 heavy (non-hydrogen) atoms. The van der Waals surface area contributed by atoms with Crippen molar-refractivity contribution in [3.63, 3.8) is 0 Å². The molecule has 0 radical (unpaired) electrons. The highest BCUT2D eigenvalue weighted by molar-refractivity contribution is 6.30. The summed E-state index contributed by atoms with van der Waals surface area (Å²) in [5.41, 5.74) is 1.74. The number of hydrogen-bond donors (Lipinski definition) is 2. The van der Waals surface area contributed by atoms with E-state index in [1.165, 1.54) is 12.0 Å². The molecule has 0 spiro atoms. The molecular weight excluding hydrogens is 554 g/mol. The molecule has 8 nitrogen and oxygen atoms in total. The summed E-state index contributed by atoms with van der Waals surface area (Å²) in [6.07, 6.45) is 8.78. The van der Waals surface area contributed by atoms with Gasteiger partial charge in [0.05, 0.1) is 6.04 Å². The molecule has 2 fully saturated rings. The van der Waals surface area contributed by atoms with Gasteiger partial charge in [-0.25, -0.2) is 4.79 Å². The third-order valence-corrected chi connectivity index (χ3v) is 8.85. The van der Waals surface area contributed by atoms with Gasteiger partial charge in [0.2, 0.25) is 11.8 Å². The van der Waals surface area contributed by atoms with Crippen LogP contribution in [0.15, 0.2) is 54.6 Å². The standard InChI is InChI=1S/C33H42ClN3O5/c1-37(33(17-18-33)21-25-11-6-3-7-12-25)30(39)16-15-28(22-38)35-31(40)29(20-24-9-4-2-5-10-24)36-32(41)42-23-26-13-8-14-27(34)19-26/h3,6-8,11-14,19,22,24,28-29H,2,4-5,9-10,15-18,20-21,23H2,1H3,(H,35,40)(H,36,41). The first-order valence-corrected chi connectivity index (χ1v) is 15.4.